The summed E-state index contributed by atoms with van der Waals surface area (Å²) in [5.74, 6) is 3.37. The Kier molecular flexibility index (Phi) is 8.17. The molecule has 3 rings (SSSR count). The number of amides is 1. The third kappa shape index (κ3) is 6.25. The standard InChI is InChI=1S/C24H35N3O3/c1-4-27-15-14-25-23(27)13-16-30-21-11-7-19(17-22(21)29-3)8-12-24(28)26-20-9-5-18(2)6-10-20/h7,11,14-15,17-18,20H,4-6,8-10,12-13,16H2,1-3H3,(H,26,28)/t18-,20-. The zero-order valence-electron chi connectivity index (χ0n) is 18.5. The van der Waals surface area contributed by atoms with Crippen LogP contribution in [0.1, 0.15) is 57.3 Å². The number of carbonyl (C=O) groups is 1. The normalized spacial score (nSPS) is 18.8. The fourth-order valence-corrected chi connectivity index (χ4v) is 4.06. The van der Waals surface area contributed by atoms with Gasteiger partial charge in [-0.3, -0.25) is 4.79 Å². The second-order valence-electron chi connectivity index (χ2n) is 8.24. The Labute approximate surface area is 180 Å². The number of aromatic nitrogens is 2. The van der Waals surface area contributed by atoms with E-state index in [0.29, 0.717) is 31.2 Å². The van der Waals surface area contributed by atoms with Crippen molar-refractivity contribution in [2.24, 2.45) is 5.92 Å². The molecule has 1 fully saturated rings. The van der Waals surface area contributed by atoms with Crippen LogP contribution >= 0.6 is 0 Å². The Morgan fingerprint density at radius 3 is 2.73 bits per heavy atom. The summed E-state index contributed by atoms with van der Waals surface area (Å²) in [6.45, 7) is 5.83. The van der Waals surface area contributed by atoms with Crippen LogP contribution in [0.3, 0.4) is 0 Å². The molecule has 164 valence electrons. The minimum absolute atomic E-state index is 0.139. The second kappa shape index (κ2) is 11.0. The topological polar surface area (TPSA) is 65.4 Å². The molecule has 1 aliphatic carbocycles. The van der Waals surface area contributed by atoms with E-state index in [2.05, 4.69) is 28.7 Å². The highest BCUT2D eigenvalue weighted by Gasteiger charge is 2.19. The molecule has 0 saturated heterocycles. The van der Waals surface area contributed by atoms with Gasteiger partial charge in [0.2, 0.25) is 5.91 Å². The number of nitrogens with one attached hydrogen (secondary N) is 1. The van der Waals surface area contributed by atoms with Gasteiger partial charge in [-0.05, 0) is 62.6 Å². The Hall–Kier alpha value is -2.50. The van der Waals surface area contributed by atoms with Crippen LogP contribution < -0.4 is 14.8 Å². The molecule has 1 aromatic heterocycles. The Balaban J connectivity index is 1.46. The van der Waals surface area contributed by atoms with Gasteiger partial charge in [-0.15, -0.1) is 0 Å². The average Bonchev–Trinajstić information content (AvgIpc) is 3.22. The van der Waals surface area contributed by atoms with E-state index in [1.54, 1.807) is 7.11 Å². The molecule has 1 aromatic carbocycles. The number of carbonyl (C=O) groups excluding carboxylic acids is 1. The fourth-order valence-electron chi connectivity index (χ4n) is 4.06. The molecule has 0 aliphatic heterocycles. The number of hydrogen-bond donors (Lipinski definition) is 1. The summed E-state index contributed by atoms with van der Waals surface area (Å²) in [4.78, 5) is 16.7. The van der Waals surface area contributed by atoms with Crippen LogP contribution in [0, 0.1) is 5.92 Å². The fraction of sp³-hybridized carbons (Fsp3) is 0.583. The molecule has 0 bridgehead atoms. The van der Waals surface area contributed by atoms with Gasteiger partial charge in [0.05, 0.1) is 13.7 Å². The van der Waals surface area contributed by atoms with Gasteiger partial charge in [-0.1, -0.05) is 13.0 Å². The molecule has 1 saturated carbocycles. The van der Waals surface area contributed by atoms with Crippen molar-refractivity contribution in [1.82, 2.24) is 14.9 Å². The third-order valence-electron chi connectivity index (χ3n) is 5.98. The van der Waals surface area contributed by atoms with E-state index in [1.165, 1.54) is 12.8 Å². The SMILES string of the molecule is CCn1ccnc1CCOc1ccc(CCC(=O)N[C@H]2CC[C@H](C)CC2)cc1OC. The van der Waals surface area contributed by atoms with Crippen molar-refractivity contribution in [3.05, 3.63) is 42.0 Å². The van der Waals surface area contributed by atoms with E-state index in [1.807, 2.05) is 30.6 Å². The number of rotatable bonds is 10. The maximum absolute atomic E-state index is 12.3. The molecule has 6 heteroatoms. The number of aryl methyl sites for hydroxylation is 2. The molecule has 6 nitrogen and oxygen atoms in total. The Morgan fingerprint density at radius 1 is 1.20 bits per heavy atom. The smallest absolute Gasteiger partial charge is 0.220 e. The van der Waals surface area contributed by atoms with E-state index in [9.17, 15) is 4.79 Å². The maximum atomic E-state index is 12.3. The average molecular weight is 414 g/mol. The number of benzene rings is 1. The summed E-state index contributed by atoms with van der Waals surface area (Å²) in [6, 6.07) is 6.27. The highest BCUT2D eigenvalue weighted by molar-refractivity contribution is 5.76. The number of nitrogens with zero attached hydrogens (tertiary/aromatic N) is 2. The Morgan fingerprint density at radius 2 is 2.00 bits per heavy atom. The molecule has 1 amide bonds. The lowest BCUT2D eigenvalue weighted by molar-refractivity contribution is -0.122. The molecule has 0 spiro atoms. The van der Waals surface area contributed by atoms with Crippen LogP contribution in [0.25, 0.3) is 0 Å². The summed E-state index contributed by atoms with van der Waals surface area (Å²) in [7, 11) is 1.65. The number of hydrogen-bond acceptors (Lipinski definition) is 4. The highest BCUT2D eigenvalue weighted by Crippen LogP contribution is 2.29. The molecule has 0 atom stereocenters. The molecule has 1 N–H and O–H groups in total. The van der Waals surface area contributed by atoms with Gasteiger partial charge in [0.25, 0.3) is 0 Å². The van der Waals surface area contributed by atoms with E-state index >= 15 is 0 Å². The van der Waals surface area contributed by atoms with Crippen molar-refractivity contribution in [2.75, 3.05) is 13.7 Å². The van der Waals surface area contributed by atoms with Gasteiger partial charge in [0, 0.05) is 37.8 Å². The summed E-state index contributed by atoms with van der Waals surface area (Å²) in [6.07, 6.45) is 10.4. The van der Waals surface area contributed by atoms with Crippen LogP contribution in [0.15, 0.2) is 30.6 Å². The minimum atomic E-state index is 0.139. The summed E-state index contributed by atoms with van der Waals surface area (Å²) in [5.41, 5.74) is 1.08. The molecular formula is C24H35N3O3. The van der Waals surface area contributed by atoms with Crippen LogP contribution in [-0.2, 0) is 24.2 Å². The van der Waals surface area contributed by atoms with Gasteiger partial charge >= 0.3 is 0 Å². The quantitative estimate of drug-likeness (QED) is 0.635. The zero-order chi connectivity index (χ0) is 21.3. The largest absolute Gasteiger partial charge is 0.493 e. The maximum Gasteiger partial charge on any atom is 0.220 e. The van der Waals surface area contributed by atoms with Crippen molar-refractivity contribution in [2.45, 2.75) is 71.4 Å². The number of ether oxygens (including phenoxy) is 2. The number of methoxy groups -OCH3 is 1. The van der Waals surface area contributed by atoms with E-state index in [-0.39, 0.29) is 5.91 Å². The van der Waals surface area contributed by atoms with E-state index in [4.69, 9.17) is 9.47 Å². The molecule has 2 aromatic rings. The summed E-state index contributed by atoms with van der Waals surface area (Å²) in [5, 5.41) is 3.20. The van der Waals surface area contributed by atoms with Crippen molar-refractivity contribution in [1.29, 1.82) is 0 Å². The predicted octanol–water partition coefficient (Wildman–Crippen LogP) is 4.16. The first-order chi connectivity index (χ1) is 14.6. The third-order valence-corrected chi connectivity index (χ3v) is 5.98. The zero-order valence-corrected chi connectivity index (χ0v) is 18.5. The molecule has 1 aliphatic rings. The summed E-state index contributed by atoms with van der Waals surface area (Å²) < 4.78 is 13.6. The van der Waals surface area contributed by atoms with Crippen molar-refractivity contribution >= 4 is 5.91 Å². The molecule has 0 unspecified atom stereocenters. The van der Waals surface area contributed by atoms with E-state index < -0.39 is 0 Å². The summed E-state index contributed by atoms with van der Waals surface area (Å²) >= 11 is 0. The van der Waals surface area contributed by atoms with Crippen molar-refractivity contribution < 1.29 is 14.3 Å². The first kappa shape index (κ1) is 22.2. The van der Waals surface area contributed by atoms with Crippen LogP contribution in [0.5, 0.6) is 11.5 Å². The monoisotopic (exact) mass is 413 g/mol. The lowest BCUT2D eigenvalue weighted by Crippen LogP contribution is -2.37. The first-order valence-electron chi connectivity index (χ1n) is 11.2. The lowest BCUT2D eigenvalue weighted by atomic mass is 9.87. The van der Waals surface area contributed by atoms with Gasteiger partial charge in [0.1, 0.15) is 5.82 Å². The van der Waals surface area contributed by atoms with Crippen molar-refractivity contribution in [3.63, 3.8) is 0 Å². The molecular weight excluding hydrogens is 378 g/mol. The first-order valence-corrected chi connectivity index (χ1v) is 11.2. The van der Waals surface area contributed by atoms with Gasteiger partial charge in [-0.2, -0.15) is 0 Å². The van der Waals surface area contributed by atoms with E-state index in [0.717, 1.165) is 48.9 Å². The van der Waals surface area contributed by atoms with Gasteiger partial charge in [0.15, 0.2) is 11.5 Å². The van der Waals surface area contributed by atoms with Gasteiger partial charge in [-0.25, -0.2) is 4.98 Å². The van der Waals surface area contributed by atoms with Crippen LogP contribution in [0.2, 0.25) is 0 Å². The Bertz CT molecular complexity index is 810. The second-order valence-corrected chi connectivity index (χ2v) is 8.24. The molecule has 1 heterocycles. The lowest BCUT2D eigenvalue weighted by Gasteiger charge is -2.26. The highest BCUT2D eigenvalue weighted by atomic mass is 16.5. The van der Waals surface area contributed by atoms with Crippen LogP contribution in [0.4, 0.5) is 0 Å². The van der Waals surface area contributed by atoms with Crippen molar-refractivity contribution in [3.8, 4) is 11.5 Å². The minimum Gasteiger partial charge on any atom is -0.493 e. The number of imidazole rings is 1. The van der Waals surface area contributed by atoms with Gasteiger partial charge < -0.3 is 19.4 Å². The molecule has 30 heavy (non-hydrogen) atoms. The predicted molar refractivity (Wildman–Crippen MR) is 118 cm³/mol. The van der Waals surface area contributed by atoms with Crippen LogP contribution in [-0.4, -0.2) is 35.2 Å². The molecule has 0 radical (unpaired) electrons.